The van der Waals surface area contributed by atoms with Crippen molar-refractivity contribution in [3.63, 3.8) is 0 Å². The summed E-state index contributed by atoms with van der Waals surface area (Å²) in [5, 5.41) is 9.20. The summed E-state index contributed by atoms with van der Waals surface area (Å²) in [7, 11) is 0. The molecule has 2 bridgehead atoms. The number of halogens is 6. The highest BCUT2D eigenvalue weighted by atomic mass is 19.4. The molecule has 196 valence electrons. The molecule has 4 rings (SSSR count). The lowest BCUT2D eigenvalue weighted by Gasteiger charge is -2.38. The van der Waals surface area contributed by atoms with Gasteiger partial charge in [0, 0.05) is 25.7 Å². The Morgan fingerprint density at radius 1 is 1.17 bits per heavy atom. The van der Waals surface area contributed by atoms with Crippen molar-refractivity contribution in [3.8, 4) is 6.07 Å². The van der Waals surface area contributed by atoms with Crippen molar-refractivity contribution >= 4 is 11.8 Å². The predicted molar refractivity (Wildman–Crippen MR) is 114 cm³/mol. The van der Waals surface area contributed by atoms with Gasteiger partial charge >= 0.3 is 12.4 Å². The molecule has 3 heterocycles. The quantitative estimate of drug-likeness (QED) is 0.607. The third-order valence-corrected chi connectivity index (χ3v) is 7.26. The van der Waals surface area contributed by atoms with E-state index in [-0.39, 0.29) is 30.6 Å². The van der Waals surface area contributed by atoms with Crippen molar-refractivity contribution in [1.82, 2.24) is 14.7 Å². The Kier molecular flexibility index (Phi) is 6.72. The molecule has 2 N–H and O–H groups in total. The molecule has 13 heteroatoms. The fourth-order valence-electron chi connectivity index (χ4n) is 5.49. The van der Waals surface area contributed by atoms with Gasteiger partial charge in [0.15, 0.2) is 0 Å². The van der Waals surface area contributed by atoms with Gasteiger partial charge in [-0.15, -0.1) is 0 Å². The maximum Gasteiger partial charge on any atom is 0.416 e. The first-order valence-corrected chi connectivity index (χ1v) is 11.5. The van der Waals surface area contributed by atoms with E-state index in [1.165, 1.54) is 16.7 Å². The van der Waals surface area contributed by atoms with Gasteiger partial charge < -0.3 is 15.5 Å². The van der Waals surface area contributed by atoms with E-state index in [2.05, 4.69) is 6.07 Å². The van der Waals surface area contributed by atoms with Crippen LogP contribution in [0.5, 0.6) is 0 Å². The predicted octanol–water partition coefficient (Wildman–Crippen LogP) is 2.91. The summed E-state index contributed by atoms with van der Waals surface area (Å²) in [6, 6.07) is -0.208. The van der Waals surface area contributed by atoms with Gasteiger partial charge in [0.1, 0.15) is 6.04 Å². The van der Waals surface area contributed by atoms with Crippen LogP contribution >= 0.6 is 0 Å². The summed E-state index contributed by atoms with van der Waals surface area (Å²) in [5.41, 5.74) is 2.97. The normalized spacial score (nSPS) is 26.4. The standard InChI is InChI=1S/C23H25F6N5O2/c1-12(13-5-14(22(24,25)26)7-15(6-13)23(27,28)29)34-17-8-19(21(34)36)32(10-17)11-18(31)20(35)33-4-2-3-16(33)9-30/h5-7,12,16-19H,2-4,8,10-11,31H2,1H3/t12-,16+,17?,18+,19+/m1/s1. The number of carbonyl (C=O) groups is 2. The average molecular weight is 517 g/mol. The molecule has 0 aromatic heterocycles. The van der Waals surface area contributed by atoms with Gasteiger partial charge in [-0.1, -0.05) is 0 Å². The number of fused-ring (bicyclic) bond motifs is 2. The van der Waals surface area contributed by atoms with Gasteiger partial charge in [-0.3, -0.25) is 14.5 Å². The zero-order valence-corrected chi connectivity index (χ0v) is 19.3. The number of benzene rings is 1. The molecule has 1 aromatic rings. The number of carbonyl (C=O) groups excluding carboxylic acids is 2. The summed E-state index contributed by atoms with van der Waals surface area (Å²) in [6.07, 6.45) is -8.37. The Morgan fingerprint density at radius 2 is 1.78 bits per heavy atom. The molecule has 3 fully saturated rings. The maximum atomic E-state index is 13.3. The van der Waals surface area contributed by atoms with Crippen LogP contribution in [0.1, 0.15) is 48.9 Å². The van der Waals surface area contributed by atoms with Crippen molar-refractivity contribution in [2.24, 2.45) is 5.73 Å². The van der Waals surface area contributed by atoms with E-state index >= 15 is 0 Å². The maximum absolute atomic E-state index is 13.3. The molecule has 1 aromatic carbocycles. The average Bonchev–Trinajstić information content (AvgIpc) is 3.51. The molecule has 0 spiro atoms. The largest absolute Gasteiger partial charge is 0.416 e. The van der Waals surface area contributed by atoms with E-state index < -0.39 is 59.6 Å². The lowest BCUT2D eigenvalue weighted by atomic mass is 9.98. The number of piperazine rings is 1. The number of amides is 2. The topological polar surface area (TPSA) is 93.7 Å². The third-order valence-electron chi connectivity index (χ3n) is 7.26. The van der Waals surface area contributed by atoms with Gasteiger partial charge in [0.05, 0.1) is 35.3 Å². The molecular weight excluding hydrogens is 492 g/mol. The van der Waals surface area contributed by atoms with Gasteiger partial charge in [-0.25, -0.2) is 0 Å². The monoisotopic (exact) mass is 517 g/mol. The van der Waals surface area contributed by atoms with E-state index in [4.69, 9.17) is 5.73 Å². The molecule has 0 aliphatic carbocycles. The second-order valence-electron chi connectivity index (χ2n) is 9.55. The first kappa shape index (κ1) is 26.2. The Hall–Kier alpha value is -2.85. The lowest BCUT2D eigenvalue weighted by Crippen LogP contribution is -2.56. The number of nitrogens with two attached hydrogens (primary N) is 1. The highest BCUT2D eigenvalue weighted by Crippen LogP contribution is 2.42. The van der Waals surface area contributed by atoms with Crippen LogP contribution in [0, 0.1) is 11.3 Å². The Bertz CT molecular complexity index is 1050. The van der Waals surface area contributed by atoms with E-state index in [9.17, 15) is 41.2 Å². The van der Waals surface area contributed by atoms with Gasteiger partial charge in [-0.05, 0) is 49.9 Å². The van der Waals surface area contributed by atoms with E-state index in [0.29, 0.717) is 37.9 Å². The fourth-order valence-corrected chi connectivity index (χ4v) is 5.49. The molecule has 3 saturated heterocycles. The van der Waals surface area contributed by atoms with Crippen molar-refractivity contribution in [3.05, 3.63) is 34.9 Å². The molecule has 5 atom stereocenters. The van der Waals surface area contributed by atoms with Crippen LogP contribution in [0.2, 0.25) is 0 Å². The van der Waals surface area contributed by atoms with E-state index in [1.807, 2.05) is 0 Å². The summed E-state index contributed by atoms with van der Waals surface area (Å²) in [6.45, 7) is 2.18. The van der Waals surface area contributed by atoms with Crippen molar-refractivity contribution in [1.29, 1.82) is 5.26 Å². The fraction of sp³-hybridized carbons (Fsp3) is 0.609. The van der Waals surface area contributed by atoms with Gasteiger partial charge in [0.2, 0.25) is 11.8 Å². The number of hydrogen-bond donors (Lipinski definition) is 1. The zero-order chi connectivity index (χ0) is 26.6. The second-order valence-corrected chi connectivity index (χ2v) is 9.55. The minimum Gasteiger partial charge on any atom is -0.330 e. The Labute approximate surface area is 203 Å². The molecule has 3 aliphatic heterocycles. The summed E-state index contributed by atoms with van der Waals surface area (Å²) in [5.74, 6) is -0.816. The molecule has 1 unspecified atom stereocenters. The number of hydrogen-bond acceptors (Lipinski definition) is 5. The summed E-state index contributed by atoms with van der Waals surface area (Å²) in [4.78, 5) is 30.3. The SMILES string of the molecule is C[C@H](c1cc(C(F)(F)F)cc(C(F)(F)F)c1)N1C(=O)[C@@H]2CC1CN2C[C@H](N)C(=O)N1CCC[C@H]1C#N. The minimum absolute atomic E-state index is 0.0599. The number of nitriles is 1. The number of nitrogens with zero attached hydrogens (tertiary/aromatic N) is 4. The van der Waals surface area contributed by atoms with E-state index in [0.717, 1.165) is 0 Å². The van der Waals surface area contributed by atoms with Crippen LogP contribution in [-0.4, -0.2) is 70.3 Å². The molecule has 7 nitrogen and oxygen atoms in total. The highest BCUT2D eigenvalue weighted by Gasteiger charge is 2.52. The van der Waals surface area contributed by atoms with Gasteiger partial charge in [-0.2, -0.15) is 31.6 Å². The van der Waals surface area contributed by atoms with Crippen LogP contribution < -0.4 is 5.73 Å². The Balaban J connectivity index is 1.49. The van der Waals surface area contributed by atoms with Crippen LogP contribution in [-0.2, 0) is 21.9 Å². The third kappa shape index (κ3) is 4.76. The molecule has 0 saturated carbocycles. The molecular formula is C23H25F6N5O2. The van der Waals surface area contributed by atoms with E-state index in [1.54, 1.807) is 4.90 Å². The number of alkyl halides is 6. The highest BCUT2D eigenvalue weighted by molar-refractivity contribution is 5.87. The first-order chi connectivity index (χ1) is 16.7. The summed E-state index contributed by atoms with van der Waals surface area (Å²) < 4.78 is 79.7. The molecule has 2 amide bonds. The smallest absolute Gasteiger partial charge is 0.330 e. The Morgan fingerprint density at radius 3 is 2.31 bits per heavy atom. The number of likely N-dealkylation sites (tertiary alicyclic amines) is 3. The van der Waals surface area contributed by atoms with Crippen LogP contribution in [0.15, 0.2) is 18.2 Å². The molecule has 0 radical (unpaired) electrons. The molecule has 36 heavy (non-hydrogen) atoms. The van der Waals surface area contributed by atoms with Crippen LogP contribution in [0.4, 0.5) is 26.3 Å². The van der Waals surface area contributed by atoms with Crippen LogP contribution in [0.3, 0.4) is 0 Å². The minimum atomic E-state index is -4.98. The van der Waals surface area contributed by atoms with Crippen molar-refractivity contribution in [2.45, 2.75) is 68.7 Å². The number of rotatable bonds is 5. The first-order valence-electron chi connectivity index (χ1n) is 11.5. The molecule has 3 aliphatic rings. The second kappa shape index (κ2) is 9.23. The zero-order valence-electron chi connectivity index (χ0n) is 19.3. The van der Waals surface area contributed by atoms with Gasteiger partial charge in [0.25, 0.3) is 0 Å². The van der Waals surface area contributed by atoms with Crippen molar-refractivity contribution < 1.29 is 35.9 Å². The lowest BCUT2D eigenvalue weighted by molar-refractivity contribution is -0.143. The van der Waals surface area contributed by atoms with Crippen molar-refractivity contribution in [2.75, 3.05) is 19.6 Å². The van der Waals surface area contributed by atoms with Crippen LogP contribution in [0.25, 0.3) is 0 Å². The summed E-state index contributed by atoms with van der Waals surface area (Å²) >= 11 is 0.